The molecule has 1 atom stereocenters. The van der Waals surface area contributed by atoms with Gasteiger partial charge < -0.3 is 9.42 Å². The summed E-state index contributed by atoms with van der Waals surface area (Å²) in [6.45, 7) is 4.83. The molecular formula is C22H46NaO5P. The molecule has 1 unspecified atom stereocenters. The van der Waals surface area contributed by atoms with Gasteiger partial charge >= 0.3 is 29.6 Å². The van der Waals surface area contributed by atoms with Crippen molar-refractivity contribution in [2.24, 2.45) is 0 Å². The van der Waals surface area contributed by atoms with Crippen LogP contribution >= 0.6 is 7.82 Å². The van der Waals surface area contributed by atoms with E-state index in [1.165, 1.54) is 77.0 Å². The summed E-state index contributed by atoms with van der Waals surface area (Å²) < 4.78 is 20.6. The molecule has 5 nitrogen and oxygen atoms in total. The molecule has 0 radical (unpaired) electrons. The maximum absolute atomic E-state index is 11.5. The van der Waals surface area contributed by atoms with E-state index in [1.807, 2.05) is 0 Å². The van der Waals surface area contributed by atoms with E-state index in [0.717, 1.165) is 38.5 Å². The van der Waals surface area contributed by atoms with Gasteiger partial charge in [-0.3, -0.25) is 4.57 Å². The molecule has 0 aliphatic rings. The Morgan fingerprint density at radius 2 is 0.931 bits per heavy atom. The van der Waals surface area contributed by atoms with Crippen LogP contribution in [0.1, 0.15) is 129 Å². The summed E-state index contributed by atoms with van der Waals surface area (Å²) in [6.07, 6.45) is 21.9. The molecule has 0 amide bonds. The van der Waals surface area contributed by atoms with Crippen LogP contribution in [0.2, 0.25) is 0 Å². The third kappa shape index (κ3) is 27.0. The van der Waals surface area contributed by atoms with Crippen molar-refractivity contribution < 1.29 is 53.1 Å². The van der Waals surface area contributed by atoms with Gasteiger partial charge in [0.15, 0.2) is 0 Å². The van der Waals surface area contributed by atoms with E-state index in [4.69, 9.17) is 9.41 Å². The van der Waals surface area contributed by atoms with Crippen molar-refractivity contribution >= 4 is 7.82 Å². The van der Waals surface area contributed by atoms with Crippen molar-refractivity contribution in [2.45, 2.75) is 129 Å². The number of phosphoric acid groups is 1. The van der Waals surface area contributed by atoms with Gasteiger partial charge in [0.05, 0.1) is 13.2 Å². The van der Waals surface area contributed by atoms with Crippen LogP contribution in [0.4, 0.5) is 0 Å². The maximum atomic E-state index is 11.5. The first-order valence-electron chi connectivity index (χ1n) is 11.9. The molecular weight excluding hydrogens is 398 g/mol. The smallest absolute Gasteiger partial charge is 0.754 e. The maximum Gasteiger partial charge on any atom is 1.00 e. The van der Waals surface area contributed by atoms with Gasteiger partial charge in [-0.05, 0) is 12.8 Å². The Morgan fingerprint density at radius 3 is 1.38 bits per heavy atom. The SMILES string of the molecule is CCCCCCCCCCCCCCCCOOP(=O)([O-])OCCCCCC.[Na+]. The monoisotopic (exact) mass is 444 g/mol. The molecule has 170 valence electrons. The topological polar surface area (TPSA) is 67.8 Å². The molecule has 0 aromatic rings. The first-order chi connectivity index (χ1) is 13.6. The van der Waals surface area contributed by atoms with Crippen LogP contribution < -0.4 is 34.5 Å². The minimum Gasteiger partial charge on any atom is -0.754 e. The van der Waals surface area contributed by atoms with Gasteiger partial charge in [-0.1, -0.05) is 117 Å². The van der Waals surface area contributed by atoms with Crippen molar-refractivity contribution in [1.82, 2.24) is 0 Å². The van der Waals surface area contributed by atoms with E-state index in [2.05, 4.69) is 18.5 Å². The first-order valence-corrected chi connectivity index (χ1v) is 13.3. The minimum atomic E-state index is -4.30. The Balaban J connectivity index is 0. The second-order valence-corrected chi connectivity index (χ2v) is 9.14. The molecule has 0 saturated carbocycles. The Kier molecular flexibility index (Phi) is 28.2. The van der Waals surface area contributed by atoms with Gasteiger partial charge in [0.25, 0.3) is 7.82 Å². The van der Waals surface area contributed by atoms with Crippen molar-refractivity contribution in [1.29, 1.82) is 0 Å². The summed E-state index contributed by atoms with van der Waals surface area (Å²) in [6, 6.07) is 0. The van der Waals surface area contributed by atoms with E-state index in [0.29, 0.717) is 6.61 Å². The minimum absolute atomic E-state index is 0. The average molecular weight is 445 g/mol. The largest absolute Gasteiger partial charge is 1.00 e. The molecule has 0 fully saturated rings. The fraction of sp³-hybridized carbons (Fsp3) is 1.00. The molecule has 0 rings (SSSR count). The van der Waals surface area contributed by atoms with E-state index in [9.17, 15) is 9.46 Å². The van der Waals surface area contributed by atoms with E-state index in [1.54, 1.807) is 0 Å². The van der Waals surface area contributed by atoms with Crippen LogP contribution in [0.25, 0.3) is 0 Å². The fourth-order valence-corrected chi connectivity index (χ4v) is 3.78. The number of phosphoric ester groups is 1. The van der Waals surface area contributed by atoms with Crippen LogP contribution in [0.15, 0.2) is 0 Å². The van der Waals surface area contributed by atoms with Crippen LogP contribution in [0.5, 0.6) is 0 Å². The van der Waals surface area contributed by atoms with E-state index < -0.39 is 7.82 Å². The molecule has 0 aromatic heterocycles. The molecule has 0 spiro atoms. The van der Waals surface area contributed by atoms with Crippen molar-refractivity contribution in [3.63, 3.8) is 0 Å². The van der Waals surface area contributed by atoms with Crippen LogP contribution in [0.3, 0.4) is 0 Å². The zero-order valence-electron chi connectivity index (χ0n) is 19.6. The molecule has 29 heavy (non-hydrogen) atoms. The summed E-state index contributed by atoms with van der Waals surface area (Å²) in [4.78, 5) is 16.3. The number of rotatable bonds is 23. The predicted molar refractivity (Wildman–Crippen MR) is 115 cm³/mol. The number of unbranched alkanes of at least 4 members (excludes halogenated alkanes) is 16. The average Bonchev–Trinajstić information content (AvgIpc) is 2.67. The van der Waals surface area contributed by atoms with Gasteiger partial charge in [0, 0.05) is 0 Å². The first kappa shape index (κ1) is 32.3. The molecule has 0 N–H and O–H groups in total. The zero-order chi connectivity index (χ0) is 20.8. The number of hydrogen-bond acceptors (Lipinski definition) is 5. The second kappa shape index (κ2) is 25.3. The normalized spacial score (nSPS) is 13.2. The fourth-order valence-electron chi connectivity index (χ4n) is 3.18. The Bertz CT molecular complexity index is 358. The summed E-state index contributed by atoms with van der Waals surface area (Å²) in [5.41, 5.74) is 0. The Labute approximate surface area is 202 Å². The standard InChI is InChI=1S/C22H47O5P.Na/c1-3-5-7-9-10-11-12-13-14-15-16-17-18-19-21-25-27-28(23,24)26-22-20-8-6-4-2;/h3-22H2,1-2H3,(H,23,24);/q;+1/p-1. The summed E-state index contributed by atoms with van der Waals surface area (Å²) in [5.74, 6) is 0. The summed E-state index contributed by atoms with van der Waals surface area (Å²) in [7, 11) is -4.30. The molecule has 7 heteroatoms. The van der Waals surface area contributed by atoms with Crippen molar-refractivity contribution in [3.05, 3.63) is 0 Å². The second-order valence-electron chi connectivity index (χ2n) is 7.83. The van der Waals surface area contributed by atoms with Crippen LogP contribution in [-0.2, 0) is 18.7 Å². The molecule has 0 aliphatic carbocycles. The Hall–Kier alpha value is 1.07. The van der Waals surface area contributed by atoms with E-state index in [-0.39, 0.29) is 36.2 Å². The summed E-state index contributed by atoms with van der Waals surface area (Å²) in [5, 5.41) is 0. The van der Waals surface area contributed by atoms with Gasteiger partial charge in [-0.2, -0.15) is 4.67 Å². The van der Waals surface area contributed by atoms with Crippen molar-refractivity contribution in [2.75, 3.05) is 13.2 Å². The molecule has 0 saturated heterocycles. The van der Waals surface area contributed by atoms with Crippen molar-refractivity contribution in [3.8, 4) is 0 Å². The Morgan fingerprint density at radius 1 is 0.586 bits per heavy atom. The quantitative estimate of drug-likeness (QED) is 0.0764. The summed E-state index contributed by atoms with van der Waals surface area (Å²) >= 11 is 0. The third-order valence-electron chi connectivity index (χ3n) is 4.97. The van der Waals surface area contributed by atoms with Crippen LogP contribution in [0, 0.1) is 0 Å². The third-order valence-corrected chi connectivity index (χ3v) is 5.76. The molecule has 0 heterocycles. The van der Waals surface area contributed by atoms with Gasteiger partial charge in [-0.15, -0.1) is 0 Å². The molecule has 0 bridgehead atoms. The van der Waals surface area contributed by atoms with Gasteiger partial charge in [0.2, 0.25) is 0 Å². The van der Waals surface area contributed by atoms with Crippen LogP contribution in [-0.4, -0.2) is 13.2 Å². The predicted octanol–water partition coefficient (Wildman–Crippen LogP) is 4.49. The molecule has 0 aromatic carbocycles. The zero-order valence-corrected chi connectivity index (χ0v) is 22.5. The number of hydrogen-bond donors (Lipinski definition) is 0. The van der Waals surface area contributed by atoms with Gasteiger partial charge in [0.1, 0.15) is 0 Å². The molecule has 0 aliphatic heterocycles. The van der Waals surface area contributed by atoms with E-state index >= 15 is 0 Å². The van der Waals surface area contributed by atoms with Gasteiger partial charge in [-0.25, -0.2) is 4.89 Å².